The molecule has 0 aliphatic carbocycles. The lowest BCUT2D eigenvalue weighted by Gasteiger charge is -2.13. The number of alkyl halides is 3. The average molecular weight is 452 g/mol. The third-order valence-electron chi connectivity index (χ3n) is 4.30. The predicted molar refractivity (Wildman–Crippen MR) is 108 cm³/mol. The molecule has 0 aliphatic heterocycles. The van der Waals surface area contributed by atoms with Crippen LogP contribution in [0.25, 0.3) is 11.4 Å². The topological polar surface area (TPSA) is 97.2 Å². The van der Waals surface area contributed by atoms with Crippen molar-refractivity contribution in [3.8, 4) is 17.3 Å². The number of thiazole rings is 1. The zero-order valence-electron chi connectivity index (χ0n) is 16.6. The Morgan fingerprint density at radius 3 is 2.71 bits per heavy atom. The van der Waals surface area contributed by atoms with Gasteiger partial charge in [-0.05, 0) is 25.5 Å². The molecule has 0 fully saturated rings. The summed E-state index contributed by atoms with van der Waals surface area (Å²) in [6, 6.07) is 6.10. The van der Waals surface area contributed by atoms with Gasteiger partial charge >= 0.3 is 6.18 Å². The van der Waals surface area contributed by atoms with Crippen LogP contribution >= 0.6 is 11.3 Å². The number of rotatable bonds is 7. The van der Waals surface area contributed by atoms with Gasteiger partial charge in [0.15, 0.2) is 12.4 Å². The fourth-order valence-corrected chi connectivity index (χ4v) is 3.52. The molecule has 3 rings (SSSR count). The summed E-state index contributed by atoms with van der Waals surface area (Å²) in [5.41, 5.74) is 3.77. The third kappa shape index (κ3) is 5.98. The van der Waals surface area contributed by atoms with Gasteiger partial charge in [0.1, 0.15) is 6.10 Å². The molecule has 0 saturated carbocycles. The van der Waals surface area contributed by atoms with Gasteiger partial charge in [0.25, 0.3) is 5.91 Å². The molecular weight excluding hydrogens is 433 g/mol. The minimum Gasteiger partial charge on any atom is -0.468 e. The van der Waals surface area contributed by atoms with E-state index in [0.717, 1.165) is 0 Å². The summed E-state index contributed by atoms with van der Waals surface area (Å²) in [4.78, 5) is 25.4. The predicted octanol–water partition coefficient (Wildman–Crippen LogP) is 3.62. The number of aliphatic hydroxyl groups is 1. The maximum Gasteiger partial charge on any atom is 0.422 e. The number of benzene rings is 1. The van der Waals surface area contributed by atoms with Gasteiger partial charge in [-0.3, -0.25) is 4.79 Å². The number of aryl methyl sites for hydroxylation is 2. The Morgan fingerprint density at radius 1 is 1.26 bits per heavy atom. The van der Waals surface area contributed by atoms with Crippen LogP contribution in [0.15, 0.2) is 36.0 Å². The first-order valence-corrected chi connectivity index (χ1v) is 10.0. The zero-order chi connectivity index (χ0) is 22.6. The Labute approximate surface area is 180 Å². The first kappa shape index (κ1) is 22.6. The third-order valence-corrected chi connectivity index (χ3v) is 5.33. The van der Waals surface area contributed by atoms with Crippen LogP contribution in [-0.4, -0.2) is 45.3 Å². The fraction of sp³-hybridized carbons (Fsp3) is 0.300. The van der Waals surface area contributed by atoms with E-state index in [9.17, 15) is 23.1 Å². The van der Waals surface area contributed by atoms with Crippen molar-refractivity contribution in [2.75, 3.05) is 13.2 Å². The first-order valence-electron chi connectivity index (χ1n) is 9.14. The molecule has 0 unspecified atom stereocenters. The highest BCUT2D eigenvalue weighted by Gasteiger charge is 2.28. The molecule has 7 nitrogen and oxygen atoms in total. The number of aliphatic hydroxyl groups excluding tert-OH is 1. The van der Waals surface area contributed by atoms with Crippen molar-refractivity contribution in [1.29, 1.82) is 0 Å². The smallest absolute Gasteiger partial charge is 0.422 e. The van der Waals surface area contributed by atoms with Crippen LogP contribution < -0.4 is 10.1 Å². The molecule has 2 aromatic heterocycles. The highest BCUT2D eigenvalue weighted by Crippen LogP contribution is 2.23. The summed E-state index contributed by atoms with van der Waals surface area (Å²) in [6.45, 7) is 2.05. The van der Waals surface area contributed by atoms with Crippen LogP contribution in [0.2, 0.25) is 0 Å². The Bertz CT molecular complexity index is 1070. The highest BCUT2D eigenvalue weighted by molar-refractivity contribution is 7.09. The maximum absolute atomic E-state index is 12.7. The van der Waals surface area contributed by atoms with E-state index in [2.05, 4.69) is 25.0 Å². The molecule has 164 valence electrons. The van der Waals surface area contributed by atoms with Crippen LogP contribution in [0.5, 0.6) is 5.88 Å². The number of halogens is 3. The minimum atomic E-state index is -4.48. The summed E-state index contributed by atoms with van der Waals surface area (Å²) < 4.78 is 41.7. The van der Waals surface area contributed by atoms with Gasteiger partial charge in [0.2, 0.25) is 5.88 Å². The van der Waals surface area contributed by atoms with Crippen molar-refractivity contribution in [1.82, 2.24) is 20.3 Å². The number of ether oxygens (including phenoxy) is 1. The quantitative estimate of drug-likeness (QED) is 0.568. The van der Waals surface area contributed by atoms with Crippen LogP contribution in [0, 0.1) is 13.8 Å². The monoisotopic (exact) mass is 452 g/mol. The number of hydrogen-bond acceptors (Lipinski definition) is 7. The summed E-state index contributed by atoms with van der Waals surface area (Å²) in [5.74, 6) is -0.518. The lowest BCUT2D eigenvalue weighted by Crippen LogP contribution is -2.29. The van der Waals surface area contributed by atoms with E-state index in [1.165, 1.54) is 29.7 Å². The molecule has 0 spiro atoms. The molecule has 0 saturated heterocycles. The molecule has 0 bridgehead atoms. The Kier molecular flexibility index (Phi) is 6.86. The highest BCUT2D eigenvalue weighted by atomic mass is 32.1. The molecule has 0 radical (unpaired) electrons. The lowest BCUT2D eigenvalue weighted by molar-refractivity contribution is -0.154. The van der Waals surface area contributed by atoms with Gasteiger partial charge in [0, 0.05) is 29.9 Å². The Hall–Kier alpha value is -3.05. The molecule has 2 heterocycles. The average Bonchev–Trinajstić information content (AvgIpc) is 3.16. The van der Waals surface area contributed by atoms with Gasteiger partial charge in [-0.15, -0.1) is 11.3 Å². The number of nitrogens with one attached hydrogen (secondary N) is 1. The molecule has 0 aliphatic rings. The van der Waals surface area contributed by atoms with Crippen LogP contribution in [0.3, 0.4) is 0 Å². The van der Waals surface area contributed by atoms with Gasteiger partial charge in [-0.25, -0.2) is 9.97 Å². The van der Waals surface area contributed by atoms with E-state index in [1.54, 1.807) is 31.5 Å². The molecule has 2 N–H and O–H groups in total. The molecule has 11 heteroatoms. The molecular formula is C20H19F3N4O3S. The van der Waals surface area contributed by atoms with E-state index < -0.39 is 24.8 Å². The van der Waals surface area contributed by atoms with Gasteiger partial charge in [-0.2, -0.15) is 18.2 Å². The zero-order valence-corrected chi connectivity index (χ0v) is 17.4. The van der Waals surface area contributed by atoms with Crippen molar-refractivity contribution in [3.63, 3.8) is 0 Å². The lowest BCUT2D eigenvalue weighted by atomic mass is 10.0. The summed E-state index contributed by atoms with van der Waals surface area (Å²) in [5, 5.41) is 12.9. The Morgan fingerprint density at radius 2 is 2.03 bits per heavy atom. The molecule has 31 heavy (non-hydrogen) atoms. The van der Waals surface area contributed by atoms with E-state index in [4.69, 9.17) is 0 Å². The van der Waals surface area contributed by atoms with Crippen LogP contribution in [0.4, 0.5) is 13.2 Å². The number of hydrogen-bond donors (Lipinski definition) is 2. The fourth-order valence-electron chi connectivity index (χ4n) is 2.73. The molecule has 3 aromatic rings. The summed E-state index contributed by atoms with van der Waals surface area (Å²) in [6.07, 6.45) is -4.09. The van der Waals surface area contributed by atoms with Crippen LogP contribution in [0.1, 0.15) is 32.6 Å². The van der Waals surface area contributed by atoms with Crippen molar-refractivity contribution >= 4 is 17.2 Å². The van der Waals surface area contributed by atoms with Gasteiger partial charge < -0.3 is 15.2 Å². The summed E-state index contributed by atoms with van der Waals surface area (Å²) in [7, 11) is 0. The van der Waals surface area contributed by atoms with E-state index >= 15 is 0 Å². The second kappa shape index (κ2) is 9.40. The number of amides is 1. The van der Waals surface area contributed by atoms with Crippen molar-refractivity contribution in [2.45, 2.75) is 26.1 Å². The minimum absolute atomic E-state index is 0.00278. The number of nitrogens with zero attached hydrogens (tertiary/aromatic N) is 3. The standard InChI is InChI=1S/C20H19F3N4O3S/c1-11-3-4-13(18-24-6-5-16(27-18)30-9-20(21,22)23)7-14(11)19(29)25-8-15(28)17-12(2)26-10-31-17/h3-7,10,15,28H,8-9H2,1-2H3,(H,25,29)/t15-/m1/s1. The first-order chi connectivity index (χ1) is 14.6. The molecule has 1 aromatic carbocycles. The number of aromatic nitrogens is 3. The van der Waals surface area contributed by atoms with Crippen molar-refractivity contribution in [2.24, 2.45) is 0 Å². The Balaban J connectivity index is 1.74. The number of carbonyl (C=O) groups is 1. The number of carbonyl (C=O) groups excluding carboxylic acids is 1. The van der Waals surface area contributed by atoms with E-state index in [0.29, 0.717) is 27.3 Å². The SMILES string of the molecule is Cc1ccc(-c2nccc(OCC(F)(F)F)n2)cc1C(=O)NC[C@@H](O)c1scnc1C. The van der Waals surface area contributed by atoms with E-state index in [-0.39, 0.29) is 18.2 Å². The van der Waals surface area contributed by atoms with Gasteiger partial charge in [0.05, 0.1) is 16.1 Å². The maximum atomic E-state index is 12.7. The van der Waals surface area contributed by atoms with Crippen molar-refractivity contribution < 1.29 is 27.8 Å². The molecule has 1 atom stereocenters. The molecule has 1 amide bonds. The van der Waals surface area contributed by atoms with Crippen LogP contribution in [-0.2, 0) is 0 Å². The second-order valence-corrected chi connectivity index (χ2v) is 7.57. The second-order valence-electron chi connectivity index (χ2n) is 6.68. The summed E-state index contributed by atoms with van der Waals surface area (Å²) >= 11 is 1.30. The van der Waals surface area contributed by atoms with E-state index in [1.807, 2.05) is 0 Å². The van der Waals surface area contributed by atoms with Crippen molar-refractivity contribution in [3.05, 3.63) is 57.7 Å². The normalized spacial score (nSPS) is 12.5. The largest absolute Gasteiger partial charge is 0.468 e. The van der Waals surface area contributed by atoms with Gasteiger partial charge in [-0.1, -0.05) is 12.1 Å².